The summed E-state index contributed by atoms with van der Waals surface area (Å²) in [6.45, 7) is 8.70. The second-order valence-electron chi connectivity index (χ2n) is 6.73. The smallest absolute Gasteiger partial charge is 0.115 e. The largest absolute Gasteiger partial charge is 0.378 e. The molecule has 0 aromatic carbocycles. The summed E-state index contributed by atoms with van der Waals surface area (Å²) in [6.07, 6.45) is 1.77. The third-order valence-electron chi connectivity index (χ3n) is 3.94. The van der Waals surface area contributed by atoms with Crippen LogP contribution in [0.3, 0.4) is 0 Å². The van der Waals surface area contributed by atoms with Crippen LogP contribution in [0.15, 0.2) is 0 Å². The van der Waals surface area contributed by atoms with E-state index in [1.54, 1.807) is 0 Å². The SMILES string of the molecule is CC(C)(C)NCC(F)C1CCOC2(CCOC2)C1. The standard InChI is InChI=1S/C14H26FNO2/c1-13(2,3)16-9-12(15)11-4-6-18-14(8-11)5-7-17-10-14/h11-12,16H,4-10H2,1-3H3. The van der Waals surface area contributed by atoms with Crippen molar-refractivity contribution in [2.24, 2.45) is 5.92 Å². The van der Waals surface area contributed by atoms with Gasteiger partial charge >= 0.3 is 0 Å². The monoisotopic (exact) mass is 259 g/mol. The van der Waals surface area contributed by atoms with E-state index in [0.717, 1.165) is 25.9 Å². The summed E-state index contributed by atoms with van der Waals surface area (Å²) in [5.41, 5.74) is -0.210. The van der Waals surface area contributed by atoms with Crippen molar-refractivity contribution >= 4 is 0 Å². The molecule has 0 bridgehead atoms. The van der Waals surface area contributed by atoms with Crippen LogP contribution in [0.1, 0.15) is 40.0 Å². The second kappa shape index (κ2) is 5.43. The molecule has 0 saturated carbocycles. The van der Waals surface area contributed by atoms with Gasteiger partial charge in [0.15, 0.2) is 0 Å². The Morgan fingerprint density at radius 1 is 1.39 bits per heavy atom. The highest BCUT2D eigenvalue weighted by Gasteiger charge is 2.43. The van der Waals surface area contributed by atoms with Crippen molar-refractivity contribution in [2.45, 2.75) is 57.3 Å². The highest BCUT2D eigenvalue weighted by molar-refractivity contribution is 4.93. The van der Waals surface area contributed by atoms with Crippen LogP contribution in [0, 0.1) is 5.92 Å². The van der Waals surface area contributed by atoms with Crippen molar-refractivity contribution in [3.8, 4) is 0 Å². The molecule has 3 unspecified atom stereocenters. The maximum Gasteiger partial charge on any atom is 0.115 e. The zero-order valence-corrected chi connectivity index (χ0v) is 11.8. The molecule has 0 aromatic heterocycles. The van der Waals surface area contributed by atoms with Crippen molar-refractivity contribution in [2.75, 3.05) is 26.4 Å². The summed E-state index contributed by atoms with van der Waals surface area (Å²) >= 11 is 0. The molecule has 1 N–H and O–H groups in total. The Hall–Kier alpha value is -0.190. The molecule has 0 radical (unpaired) electrons. The first kappa shape index (κ1) is 14.2. The lowest BCUT2D eigenvalue weighted by Gasteiger charge is -2.38. The molecule has 2 saturated heterocycles. The predicted octanol–water partition coefficient (Wildman–Crippen LogP) is 2.30. The first-order chi connectivity index (χ1) is 8.40. The molecule has 2 fully saturated rings. The average molecular weight is 259 g/mol. The lowest BCUT2D eigenvalue weighted by Crippen LogP contribution is -2.47. The molecule has 3 atom stereocenters. The third kappa shape index (κ3) is 3.65. The number of ether oxygens (including phenoxy) is 2. The lowest BCUT2D eigenvalue weighted by molar-refractivity contribution is -0.108. The Bertz CT molecular complexity index is 271. The molecule has 18 heavy (non-hydrogen) atoms. The normalized spacial score (nSPS) is 35.0. The van der Waals surface area contributed by atoms with Crippen LogP contribution in [-0.2, 0) is 9.47 Å². The molecule has 0 aromatic rings. The molecule has 0 amide bonds. The quantitative estimate of drug-likeness (QED) is 0.843. The fourth-order valence-electron chi connectivity index (χ4n) is 2.81. The molecule has 106 valence electrons. The number of nitrogens with one attached hydrogen (secondary N) is 1. The summed E-state index contributed by atoms with van der Waals surface area (Å²) in [5, 5.41) is 3.25. The molecular formula is C14H26FNO2. The number of halogens is 1. The maximum absolute atomic E-state index is 14.3. The van der Waals surface area contributed by atoms with Crippen LogP contribution in [0.5, 0.6) is 0 Å². The van der Waals surface area contributed by atoms with Crippen molar-refractivity contribution in [3.63, 3.8) is 0 Å². The van der Waals surface area contributed by atoms with Gasteiger partial charge in [-0.1, -0.05) is 0 Å². The second-order valence-corrected chi connectivity index (χ2v) is 6.73. The molecule has 2 heterocycles. The zero-order valence-electron chi connectivity index (χ0n) is 11.8. The van der Waals surface area contributed by atoms with Gasteiger partial charge in [0.1, 0.15) is 6.17 Å². The van der Waals surface area contributed by atoms with Crippen LogP contribution in [0.25, 0.3) is 0 Å². The van der Waals surface area contributed by atoms with Crippen molar-refractivity contribution in [1.82, 2.24) is 5.32 Å². The summed E-state index contributed by atoms with van der Waals surface area (Å²) < 4.78 is 25.6. The topological polar surface area (TPSA) is 30.5 Å². The van der Waals surface area contributed by atoms with Crippen LogP contribution < -0.4 is 5.32 Å². The van der Waals surface area contributed by atoms with Gasteiger partial charge in [-0.2, -0.15) is 0 Å². The summed E-state index contributed by atoms with van der Waals surface area (Å²) in [4.78, 5) is 0. The van der Waals surface area contributed by atoms with Crippen LogP contribution >= 0.6 is 0 Å². The van der Waals surface area contributed by atoms with Crippen LogP contribution in [-0.4, -0.2) is 43.7 Å². The van der Waals surface area contributed by atoms with E-state index in [9.17, 15) is 4.39 Å². The fourth-order valence-corrected chi connectivity index (χ4v) is 2.81. The van der Waals surface area contributed by atoms with E-state index in [1.165, 1.54) is 0 Å². The highest BCUT2D eigenvalue weighted by atomic mass is 19.1. The summed E-state index contributed by atoms with van der Waals surface area (Å²) in [6, 6.07) is 0. The first-order valence-corrected chi connectivity index (χ1v) is 7.01. The van der Waals surface area contributed by atoms with Gasteiger partial charge in [0, 0.05) is 31.7 Å². The van der Waals surface area contributed by atoms with E-state index in [2.05, 4.69) is 26.1 Å². The summed E-state index contributed by atoms with van der Waals surface area (Å²) in [7, 11) is 0. The third-order valence-corrected chi connectivity index (χ3v) is 3.94. The van der Waals surface area contributed by atoms with Gasteiger partial charge in [0.05, 0.1) is 12.2 Å². The van der Waals surface area contributed by atoms with E-state index >= 15 is 0 Å². The molecule has 2 rings (SSSR count). The van der Waals surface area contributed by atoms with E-state index in [-0.39, 0.29) is 17.1 Å². The number of hydrogen-bond acceptors (Lipinski definition) is 3. The van der Waals surface area contributed by atoms with E-state index < -0.39 is 6.17 Å². The fraction of sp³-hybridized carbons (Fsp3) is 1.00. The van der Waals surface area contributed by atoms with Crippen LogP contribution in [0.2, 0.25) is 0 Å². The van der Waals surface area contributed by atoms with Gasteiger partial charge in [-0.25, -0.2) is 4.39 Å². The van der Waals surface area contributed by atoms with Crippen molar-refractivity contribution in [1.29, 1.82) is 0 Å². The minimum absolute atomic E-state index is 0.0241. The van der Waals surface area contributed by atoms with Gasteiger partial charge in [0.25, 0.3) is 0 Å². The number of rotatable bonds is 3. The predicted molar refractivity (Wildman–Crippen MR) is 69.5 cm³/mol. The van der Waals surface area contributed by atoms with Gasteiger partial charge in [-0.05, 0) is 39.5 Å². The number of alkyl halides is 1. The summed E-state index contributed by atoms with van der Waals surface area (Å²) in [5.74, 6) is 0.107. The molecule has 2 aliphatic rings. The van der Waals surface area contributed by atoms with E-state index in [1.807, 2.05) is 0 Å². The minimum atomic E-state index is -0.786. The Morgan fingerprint density at radius 2 is 2.17 bits per heavy atom. The van der Waals surface area contributed by atoms with Crippen molar-refractivity contribution < 1.29 is 13.9 Å². The average Bonchev–Trinajstić information content (AvgIpc) is 2.73. The number of hydrogen-bond donors (Lipinski definition) is 1. The Morgan fingerprint density at radius 3 is 2.78 bits per heavy atom. The highest BCUT2D eigenvalue weighted by Crippen LogP contribution is 2.37. The van der Waals surface area contributed by atoms with Crippen molar-refractivity contribution in [3.05, 3.63) is 0 Å². The van der Waals surface area contributed by atoms with Gasteiger partial charge in [-0.15, -0.1) is 0 Å². The maximum atomic E-state index is 14.3. The minimum Gasteiger partial charge on any atom is -0.378 e. The molecular weight excluding hydrogens is 233 g/mol. The van der Waals surface area contributed by atoms with Gasteiger partial charge in [-0.3, -0.25) is 0 Å². The Kier molecular flexibility index (Phi) is 4.29. The Labute approximate surface area is 109 Å². The lowest BCUT2D eigenvalue weighted by atomic mass is 9.82. The first-order valence-electron chi connectivity index (χ1n) is 7.01. The molecule has 0 aliphatic carbocycles. The molecule has 3 nitrogen and oxygen atoms in total. The van der Waals surface area contributed by atoms with Gasteiger partial charge < -0.3 is 14.8 Å². The van der Waals surface area contributed by atoms with Gasteiger partial charge in [0.2, 0.25) is 0 Å². The van der Waals surface area contributed by atoms with E-state index in [0.29, 0.717) is 19.8 Å². The van der Waals surface area contributed by atoms with E-state index in [4.69, 9.17) is 9.47 Å². The Balaban J connectivity index is 1.84. The molecule has 1 spiro atoms. The zero-order chi connectivity index (χ0) is 13.2. The van der Waals surface area contributed by atoms with Crippen LogP contribution in [0.4, 0.5) is 4.39 Å². The molecule has 4 heteroatoms. The molecule has 2 aliphatic heterocycles.